The predicted molar refractivity (Wildman–Crippen MR) is 90.7 cm³/mol. The van der Waals surface area contributed by atoms with Gasteiger partial charge >= 0.3 is 0 Å². The van der Waals surface area contributed by atoms with Gasteiger partial charge in [0.2, 0.25) is 0 Å². The van der Waals surface area contributed by atoms with E-state index in [-0.39, 0.29) is 0 Å². The van der Waals surface area contributed by atoms with E-state index in [1.165, 1.54) is 0 Å². The summed E-state index contributed by atoms with van der Waals surface area (Å²) in [4.78, 5) is 16.5. The molecule has 0 aliphatic rings. The number of imidazole rings is 1. The van der Waals surface area contributed by atoms with Crippen LogP contribution in [0.5, 0.6) is 0 Å². The predicted octanol–water partition coefficient (Wildman–Crippen LogP) is 4.42. The van der Waals surface area contributed by atoms with Crippen LogP contribution < -0.4 is 0 Å². The van der Waals surface area contributed by atoms with E-state index in [9.17, 15) is 0 Å². The molecule has 0 bridgehead atoms. The minimum atomic E-state index is 0.524. The highest BCUT2D eigenvalue weighted by Crippen LogP contribution is 2.29. The first-order valence-corrected chi connectivity index (χ1v) is 8.23. The van der Waals surface area contributed by atoms with Crippen LogP contribution in [0.25, 0.3) is 22.5 Å². The SMILES string of the molecule is CC[C@H](C)Sc1ncc(-c2nc[nH]c2-c2ccccc2)cn1. The molecule has 2 aromatic heterocycles. The van der Waals surface area contributed by atoms with Gasteiger partial charge < -0.3 is 4.98 Å². The minimum absolute atomic E-state index is 0.524. The fourth-order valence-electron chi connectivity index (χ4n) is 2.10. The number of aromatic nitrogens is 4. The molecule has 1 atom stereocenters. The first kappa shape index (κ1) is 14.8. The standard InChI is InChI=1S/C17H18N4S/c1-3-12(2)22-17-18-9-14(10-19-17)16-15(20-11-21-16)13-7-5-4-6-8-13/h4-12H,3H2,1-2H3,(H,20,21)/t12-/m0/s1. The smallest absolute Gasteiger partial charge is 0.187 e. The second-order valence-electron chi connectivity index (χ2n) is 5.08. The van der Waals surface area contributed by atoms with E-state index in [4.69, 9.17) is 0 Å². The van der Waals surface area contributed by atoms with Gasteiger partial charge in [-0.2, -0.15) is 0 Å². The van der Waals surface area contributed by atoms with E-state index in [1.807, 2.05) is 30.6 Å². The minimum Gasteiger partial charge on any atom is -0.344 e. The van der Waals surface area contributed by atoms with Gasteiger partial charge in [-0.05, 0) is 6.42 Å². The third-order valence-electron chi connectivity index (χ3n) is 3.48. The molecule has 0 saturated carbocycles. The van der Waals surface area contributed by atoms with Crippen molar-refractivity contribution < 1.29 is 0 Å². The summed E-state index contributed by atoms with van der Waals surface area (Å²) in [5.41, 5.74) is 3.90. The molecule has 0 aliphatic carbocycles. The fraction of sp³-hybridized carbons (Fsp3) is 0.235. The number of hydrogen-bond donors (Lipinski definition) is 1. The summed E-state index contributed by atoms with van der Waals surface area (Å²) in [5.74, 6) is 0. The van der Waals surface area contributed by atoms with Crippen LogP contribution in [0, 0.1) is 0 Å². The Morgan fingerprint density at radius 3 is 2.45 bits per heavy atom. The molecule has 2 heterocycles. The Balaban J connectivity index is 1.88. The number of nitrogens with zero attached hydrogens (tertiary/aromatic N) is 3. The topological polar surface area (TPSA) is 54.5 Å². The molecule has 3 aromatic rings. The zero-order valence-corrected chi connectivity index (χ0v) is 13.5. The number of benzene rings is 1. The van der Waals surface area contributed by atoms with Gasteiger partial charge in [0.25, 0.3) is 0 Å². The third kappa shape index (κ3) is 3.20. The number of nitrogens with one attached hydrogen (secondary N) is 1. The summed E-state index contributed by atoms with van der Waals surface area (Å²) in [6, 6.07) is 10.2. The highest BCUT2D eigenvalue weighted by molar-refractivity contribution is 7.99. The fourth-order valence-corrected chi connectivity index (χ4v) is 2.85. The summed E-state index contributed by atoms with van der Waals surface area (Å²) < 4.78 is 0. The molecule has 1 aromatic carbocycles. The van der Waals surface area contributed by atoms with Crippen molar-refractivity contribution in [1.29, 1.82) is 0 Å². The normalized spacial score (nSPS) is 12.3. The maximum absolute atomic E-state index is 4.46. The van der Waals surface area contributed by atoms with Crippen molar-refractivity contribution >= 4 is 11.8 Å². The summed E-state index contributed by atoms with van der Waals surface area (Å²) in [7, 11) is 0. The van der Waals surface area contributed by atoms with E-state index >= 15 is 0 Å². The number of rotatable bonds is 5. The second-order valence-corrected chi connectivity index (χ2v) is 6.49. The largest absolute Gasteiger partial charge is 0.344 e. The zero-order valence-electron chi connectivity index (χ0n) is 12.7. The van der Waals surface area contributed by atoms with Gasteiger partial charge in [0.1, 0.15) is 0 Å². The molecule has 22 heavy (non-hydrogen) atoms. The van der Waals surface area contributed by atoms with Gasteiger partial charge in [-0.3, -0.25) is 0 Å². The lowest BCUT2D eigenvalue weighted by Crippen LogP contribution is -1.96. The summed E-state index contributed by atoms with van der Waals surface area (Å²) in [6.07, 6.45) is 6.51. The van der Waals surface area contributed by atoms with Gasteiger partial charge in [0.15, 0.2) is 5.16 Å². The molecule has 0 unspecified atom stereocenters. The van der Waals surface area contributed by atoms with Crippen molar-refractivity contribution in [2.45, 2.75) is 30.7 Å². The van der Waals surface area contributed by atoms with E-state index in [2.05, 4.69) is 45.9 Å². The molecule has 0 aliphatic heterocycles. The van der Waals surface area contributed by atoms with Crippen LogP contribution in [0.4, 0.5) is 0 Å². The van der Waals surface area contributed by atoms with Crippen molar-refractivity contribution in [1.82, 2.24) is 19.9 Å². The van der Waals surface area contributed by atoms with E-state index in [0.717, 1.165) is 34.1 Å². The van der Waals surface area contributed by atoms with Crippen molar-refractivity contribution in [2.75, 3.05) is 0 Å². The summed E-state index contributed by atoms with van der Waals surface area (Å²) in [5, 5.41) is 1.34. The Kier molecular flexibility index (Phi) is 4.53. The van der Waals surface area contributed by atoms with Gasteiger partial charge in [-0.1, -0.05) is 55.9 Å². The lowest BCUT2D eigenvalue weighted by Gasteiger charge is -2.07. The third-order valence-corrected chi connectivity index (χ3v) is 4.64. The lowest BCUT2D eigenvalue weighted by molar-refractivity contribution is 0.885. The quantitative estimate of drug-likeness (QED) is 0.559. The molecule has 0 saturated heterocycles. The molecule has 0 amide bonds. The van der Waals surface area contributed by atoms with Gasteiger partial charge in [-0.15, -0.1) is 0 Å². The molecule has 3 rings (SSSR count). The van der Waals surface area contributed by atoms with Gasteiger partial charge in [0, 0.05) is 28.8 Å². The van der Waals surface area contributed by atoms with Crippen molar-refractivity contribution in [3.8, 4) is 22.5 Å². The average Bonchev–Trinajstić information content (AvgIpc) is 3.06. The van der Waals surface area contributed by atoms with Crippen LogP contribution in [-0.2, 0) is 0 Å². The van der Waals surface area contributed by atoms with Crippen LogP contribution >= 0.6 is 11.8 Å². The second kappa shape index (κ2) is 6.75. The molecular formula is C17H18N4S. The monoisotopic (exact) mass is 310 g/mol. The summed E-state index contributed by atoms with van der Waals surface area (Å²) in [6.45, 7) is 4.35. The molecule has 1 N–H and O–H groups in total. The first-order chi connectivity index (χ1) is 10.8. The van der Waals surface area contributed by atoms with Crippen molar-refractivity contribution in [3.05, 3.63) is 49.1 Å². The van der Waals surface area contributed by atoms with Crippen LogP contribution in [0.15, 0.2) is 54.2 Å². The van der Waals surface area contributed by atoms with Crippen molar-refractivity contribution in [3.63, 3.8) is 0 Å². The molecular weight excluding hydrogens is 292 g/mol. The highest BCUT2D eigenvalue weighted by Gasteiger charge is 2.12. The molecule has 0 radical (unpaired) electrons. The van der Waals surface area contributed by atoms with Crippen LogP contribution in [0.2, 0.25) is 0 Å². The molecule has 0 spiro atoms. The van der Waals surface area contributed by atoms with Gasteiger partial charge in [-0.25, -0.2) is 15.0 Å². The Bertz CT molecular complexity index is 722. The van der Waals surface area contributed by atoms with Crippen LogP contribution in [0.1, 0.15) is 20.3 Å². The lowest BCUT2D eigenvalue weighted by atomic mass is 10.1. The maximum atomic E-state index is 4.46. The molecule has 4 nitrogen and oxygen atoms in total. The Labute approximate surface area is 134 Å². The van der Waals surface area contributed by atoms with Gasteiger partial charge in [0.05, 0.1) is 17.7 Å². The van der Waals surface area contributed by atoms with E-state index < -0.39 is 0 Å². The zero-order chi connectivity index (χ0) is 15.4. The number of H-pyrrole nitrogens is 1. The molecule has 0 fully saturated rings. The Morgan fingerprint density at radius 2 is 1.77 bits per heavy atom. The Hall–Kier alpha value is -2.14. The number of aromatic amines is 1. The number of thioether (sulfide) groups is 1. The van der Waals surface area contributed by atoms with Crippen LogP contribution in [-0.4, -0.2) is 25.2 Å². The van der Waals surface area contributed by atoms with E-state index in [1.54, 1.807) is 18.1 Å². The Morgan fingerprint density at radius 1 is 1.05 bits per heavy atom. The average molecular weight is 310 g/mol. The maximum Gasteiger partial charge on any atom is 0.187 e. The van der Waals surface area contributed by atoms with Crippen molar-refractivity contribution in [2.24, 2.45) is 0 Å². The molecule has 112 valence electrons. The number of hydrogen-bond acceptors (Lipinski definition) is 4. The first-order valence-electron chi connectivity index (χ1n) is 7.35. The van der Waals surface area contributed by atoms with Crippen LogP contribution in [0.3, 0.4) is 0 Å². The van der Waals surface area contributed by atoms with E-state index in [0.29, 0.717) is 5.25 Å². The molecule has 5 heteroatoms. The highest BCUT2D eigenvalue weighted by atomic mass is 32.2. The summed E-state index contributed by atoms with van der Waals surface area (Å²) >= 11 is 1.70.